The van der Waals surface area contributed by atoms with Gasteiger partial charge in [0.25, 0.3) is 0 Å². The van der Waals surface area contributed by atoms with Crippen molar-refractivity contribution in [2.75, 3.05) is 13.1 Å². The molecule has 0 spiro atoms. The Kier molecular flexibility index (Phi) is 8.91. The van der Waals surface area contributed by atoms with Crippen LogP contribution in [0, 0.1) is 11.3 Å². The summed E-state index contributed by atoms with van der Waals surface area (Å²) in [5, 5.41) is 6.17. The zero-order chi connectivity index (χ0) is 26.8. The van der Waals surface area contributed by atoms with Gasteiger partial charge in [0.1, 0.15) is 17.2 Å². The van der Waals surface area contributed by atoms with E-state index in [0.717, 1.165) is 6.42 Å². The largest absolute Gasteiger partial charge is 0.458 e. The van der Waals surface area contributed by atoms with Crippen LogP contribution in [0.1, 0.15) is 80.2 Å². The smallest absolute Gasteiger partial charge is 0.331 e. The van der Waals surface area contributed by atoms with Gasteiger partial charge in [0.05, 0.1) is 0 Å². The van der Waals surface area contributed by atoms with E-state index in [9.17, 15) is 14.4 Å². The molecule has 0 aromatic heterocycles. The van der Waals surface area contributed by atoms with Gasteiger partial charge >= 0.3 is 12.0 Å². The highest BCUT2D eigenvalue weighted by Crippen LogP contribution is 2.42. The Labute approximate surface area is 215 Å². The van der Waals surface area contributed by atoms with Crippen molar-refractivity contribution in [3.63, 3.8) is 0 Å². The molecule has 7 nitrogen and oxygen atoms in total. The molecule has 196 valence electrons. The molecule has 3 amide bonds. The normalized spacial score (nSPS) is 19.2. The van der Waals surface area contributed by atoms with Crippen LogP contribution in [0.3, 0.4) is 0 Å². The molecule has 2 N–H and O–H groups in total. The predicted molar refractivity (Wildman–Crippen MR) is 139 cm³/mol. The average Bonchev–Trinajstić information content (AvgIpc) is 2.70. The number of ether oxygens (including phenoxy) is 1. The first-order valence-electron chi connectivity index (χ1n) is 12.3. The van der Waals surface area contributed by atoms with E-state index >= 15 is 0 Å². The molecule has 1 saturated heterocycles. The lowest BCUT2D eigenvalue weighted by atomic mass is 9.70. The van der Waals surface area contributed by atoms with Gasteiger partial charge in [-0.15, -0.1) is 0 Å². The molecule has 2 atom stereocenters. The van der Waals surface area contributed by atoms with E-state index in [4.69, 9.17) is 16.3 Å². The Balaban J connectivity index is 2.08. The third-order valence-electron chi connectivity index (χ3n) is 6.37. The molecular formula is C27H42ClN3O4. The molecule has 35 heavy (non-hydrogen) atoms. The van der Waals surface area contributed by atoms with Crippen LogP contribution in [0.4, 0.5) is 4.79 Å². The molecule has 0 bridgehead atoms. The van der Waals surface area contributed by atoms with E-state index in [1.807, 2.05) is 30.9 Å². The number of hydrogen-bond donors (Lipinski definition) is 2. The summed E-state index contributed by atoms with van der Waals surface area (Å²) in [5.74, 6) is -0.492. The number of benzene rings is 1. The number of amides is 3. The van der Waals surface area contributed by atoms with Crippen molar-refractivity contribution in [1.29, 1.82) is 0 Å². The fourth-order valence-corrected chi connectivity index (χ4v) is 4.61. The molecule has 1 unspecified atom stereocenters. The zero-order valence-corrected chi connectivity index (χ0v) is 23.4. The highest BCUT2D eigenvalue weighted by atomic mass is 35.5. The van der Waals surface area contributed by atoms with Crippen LogP contribution < -0.4 is 10.6 Å². The SMILES string of the molecule is CC(C)[C@@H](NC(=O)NC(C)(C)C(=O)OC(C)(C)C)C(=O)N1CCC(c2ccc(Cl)cc2)C(C)(C)C1. The lowest BCUT2D eigenvalue weighted by molar-refractivity contribution is -0.161. The highest BCUT2D eigenvalue weighted by Gasteiger charge is 2.41. The Bertz CT molecular complexity index is 919. The van der Waals surface area contributed by atoms with Gasteiger partial charge in [0.15, 0.2) is 0 Å². The molecule has 1 aromatic rings. The van der Waals surface area contributed by atoms with Crippen molar-refractivity contribution in [3.8, 4) is 0 Å². The average molecular weight is 508 g/mol. The van der Waals surface area contributed by atoms with Crippen LogP contribution in [-0.4, -0.2) is 53.1 Å². The van der Waals surface area contributed by atoms with Crippen LogP contribution >= 0.6 is 11.6 Å². The molecule has 1 aliphatic rings. The van der Waals surface area contributed by atoms with Crippen molar-refractivity contribution in [3.05, 3.63) is 34.9 Å². The third-order valence-corrected chi connectivity index (χ3v) is 6.62. The second kappa shape index (κ2) is 10.8. The Morgan fingerprint density at radius 1 is 1.09 bits per heavy atom. The highest BCUT2D eigenvalue weighted by molar-refractivity contribution is 6.30. The number of carbonyl (C=O) groups excluding carboxylic acids is 3. The molecule has 1 aliphatic heterocycles. The third kappa shape index (κ3) is 7.86. The van der Waals surface area contributed by atoms with Gasteiger partial charge in [-0.2, -0.15) is 0 Å². The number of esters is 1. The number of rotatable bonds is 6. The van der Waals surface area contributed by atoms with E-state index < -0.39 is 29.2 Å². The molecular weight excluding hydrogens is 466 g/mol. The Morgan fingerprint density at radius 3 is 2.14 bits per heavy atom. The molecule has 1 heterocycles. The van der Waals surface area contributed by atoms with Crippen molar-refractivity contribution >= 4 is 29.5 Å². The first-order valence-corrected chi connectivity index (χ1v) is 12.7. The van der Waals surface area contributed by atoms with Gasteiger partial charge in [0.2, 0.25) is 5.91 Å². The summed E-state index contributed by atoms with van der Waals surface area (Å²) < 4.78 is 5.41. The van der Waals surface area contributed by atoms with Crippen molar-refractivity contribution in [2.45, 2.75) is 91.8 Å². The van der Waals surface area contributed by atoms with Crippen LogP contribution in [0.2, 0.25) is 5.02 Å². The van der Waals surface area contributed by atoms with Crippen LogP contribution in [0.15, 0.2) is 24.3 Å². The summed E-state index contributed by atoms with van der Waals surface area (Å²) in [7, 11) is 0. The standard InChI is InChI=1S/C27H42ClN3O4/c1-17(2)21(29-24(34)30-27(8,9)23(33)35-25(3,4)5)22(32)31-15-14-20(26(6,7)16-31)18-10-12-19(28)13-11-18/h10-13,17,20-21H,14-16H2,1-9H3,(H2,29,30,34)/t20?,21-/m1/s1. The lowest BCUT2D eigenvalue weighted by Gasteiger charge is -2.45. The van der Waals surface area contributed by atoms with Crippen molar-refractivity contribution in [2.24, 2.45) is 11.3 Å². The van der Waals surface area contributed by atoms with E-state index in [-0.39, 0.29) is 17.2 Å². The fourth-order valence-electron chi connectivity index (χ4n) is 4.49. The van der Waals surface area contributed by atoms with Crippen molar-refractivity contribution < 1.29 is 19.1 Å². The summed E-state index contributed by atoms with van der Waals surface area (Å²) in [6, 6.07) is 6.62. The summed E-state index contributed by atoms with van der Waals surface area (Å²) >= 11 is 6.06. The van der Waals surface area contributed by atoms with Crippen molar-refractivity contribution in [1.82, 2.24) is 15.5 Å². The van der Waals surface area contributed by atoms with Gasteiger partial charge in [-0.05, 0) is 76.0 Å². The zero-order valence-electron chi connectivity index (χ0n) is 22.6. The van der Waals surface area contributed by atoms with Crippen LogP contribution in [-0.2, 0) is 14.3 Å². The maximum absolute atomic E-state index is 13.5. The number of likely N-dealkylation sites (tertiary alicyclic amines) is 1. The topological polar surface area (TPSA) is 87.7 Å². The molecule has 8 heteroatoms. The van der Waals surface area contributed by atoms with Gasteiger partial charge in [-0.3, -0.25) is 4.79 Å². The quantitative estimate of drug-likeness (QED) is 0.523. The minimum absolute atomic E-state index is 0.118. The summed E-state index contributed by atoms with van der Waals surface area (Å²) in [5.41, 5.74) is -0.854. The fraction of sp³-hybridized carbons (Fsp3) is 0.667. The molecule has 2 rings (SSSR count). The predicted octanol–water partition coefficient (Wildman–Crippen LogP) is 5.13. The van der Waals surface area contributed by atoms with Gasteiger partial charge in [0, 0.05) is 18.1 Å². The number of hydrogen-bond acceptors (Lipinski definition) is 4. The Hall–Kier alpha value is -2.28. The molecule has 0 saturated carbocycles. The maximum Gasteiger partial charge on any atom is 0.331 e. The lowest BCUT2D eigenvalue weighted by Crippen LogP contribution is -2.60. The number of halogens is 1. The van der Waals surface area contributed by atoms with E-state index in [2.05, 4.69) is 36.6 Å². The molecule has 0 radical (unpaired) electrons. The number of nitrogens with one attached hydrogen (secondary N) is 2. The summed E-state index contributed by atoms with van der Waals surface area (Å²) in [6.07, 6.45) is 0.822. The number of nitrogens with zero attached hydrogens (tertiary/aromatic N) is 1. The summed E-state index contributed by atoms with van der Waals surface area (Å²) in [6.45, 7) is 17.8. The summed E-state index contributed by atoms with van der Waals surface area (Å²) in [4.78, 5) is 40.7. The van der Waals surface area contributed by atoms with E-state index in [1.54, 1.807) is 34.6 Å². The number of carbonyl (C=O) groups is 3. The number of piperidine rings is 1. The second-order valence-electron chi connectivity index (χ2n) is 12.1. The van der Waals surface area contributed by atoms with Gasteiger partial charge in [-0.25, -0.2) is 9.59 Å². The van der Waals surface area contributed by atoms with Gasteiger partial charge in [-0.1, -0.05) is 51.4 Å². The number of urea groups is 1. The monoisotopic (exact) mass is 507 g/mol. The van der Waals surface area contributed by atoms with Crippen LogP contribution in [0.25, 0.3) is 0 Å². The van der Waals surface area contributed by atoms with Gasteiger partial charge < -0.3 is 20.3 Å². The molecule has 1 aromatic carbocycles. The maximum atomic E-state index is 13.5. The van der Waals surface area contributed by atoms with E-state index in [0.29, 0.717) is 24.0 Å². The second-order valence-corrected chi connectivity index (χ2v) is 12.5. The molecule has 1 fully saturated rings. The first-order chi connectivity index (χ1) is 15.9. The first kappa shape index (κ1) is 29.0. The molecule has 0 aliphatic carbocycles. The minimum Gasteiger partial charge on any atom is -0.458 e. The van der Waals surface area contributed by atoms with Crippen LogP contribution in [0.5, 0.6) is 0 Å². The van der Waals surface area contributed by atoms with E-state index in [1.165, 1.54) is 5.56 Å². The minimum atomic E-state index is -1.25. The Morgan fingerprint density at radius 2 is 1.66 bits per heavy atom.